The molecule has 0 radical (unpaired) electrons. The van der Waals surface area contributed by atoms with E-state index in [1.165, 1.54) is 0 Å². The van der Waals surface area contributed by atoms with Crippen molar-refractivity contribution < 1.29 is 19.4 Å². The second kappa shape index (κ2) is 8.81. The summed E-state index contributed by atoms with van der Waals surface area (Å²) in [5, 5.41) is 27.1. The van der Waals surface area contributed by atoms with Crippen molar-refractivity contribution in [1.29, 1.82) is 0 Å². The van der Waals surface area contributed by atoms with E-state index >= 15 is 0 Å². The summed E-state index contributed by atoms with van der Waals surface area (Å²) in [6.07, 6.45) is 0. The first-order valence-corrected chi connectivity index (χ1v) is 8.94. The Kier molecular flexibility index (Phi) is 6.74. The number of guanidine groups is 1. The molecule has 7 nitrogen and oxygen atoms in total. The lowest BCUT2D eigenvalue weighted by Crippen LogP contribution is -2.44. The fraction of sp³-hybridized carbons (Fsp3) is 0.450. The predicted octanol–water partition coefficient (Wildman–Crippen LogP) is 2.57. The molecule has 0 saturated carbocycles. The summed E-state index contributed by atoms with van der Waals surface area (Å²) in [6, 6.07) is 6.86. The largest absolute Gasteiger partial charge is 0.508 e. The smallest absolute Gasteiger partial charge is 0.191 e. The van der Waals surface area contributed by atoms with Gasteiger partial charge in [-0.2, -0.15) is 0 Å². The molecule has 7 heteroatoms. The number of aryl methyl sites for hydroxylation is 2. The first kappa shape index (κ1) is 20.6. The lowest BCUT2D eigenvalue weighted by atomic mass is 9.96. The number of phenols is 1. The van der Waals surface area contributed by atoms with Crippen LogP contribution in [0.15, 0.2) is 33.7 Å². The van der Waals surface area contributed by atoms with Crippen LogP contribution in [0.4, 0.5) is 0 Å². The van der Waals surface area contributed by atoms with Crippen LogP contribution in [-0.2, 0) is 12.1 Å². The molecule has 0 amide bonds. The van der Waals surface area contributed by atoms with Gasteiger partial charge in [-0.1, -0.05) is 0 Å². The minimum atomic E-state index is -1.11. The highest BCUT2D eigenvalue weighted by Crippen LogP contribution is 2.26. The highest BCUT2D eigenvalue weighted by molar-refractivity contribution is 5.79. The van der Waals surface area contributed by atoms with Crippen LogP contribution in [0.1, 0.15) is 36.5 Å². The quantitative estimate of drug-likeness (QED) is 0.438. The average molecular weight is 375 g/mol. The van der Waals surface area contributed by atoms with Gasteiger partial charge in [0.25, 0.3) is 0 Å². The Morgan fingerprint density at radius 2 is 2.00 bits per heavy atom. The molecule has 4 N–H and O–H groups in total. The number of hydrogen-bond acceptors (Lipinski definition) is 5. The Morgan fingerprint density at radius 1 is 1.26 bits per heavy atom. The lowest BCUT2D eigenvalue weighted by Gasteiger charge is -2.24. The summed E-state index contributed by atoms with van der Waals surface area (Å²) in [4.78, 5) is 4.49. The number of aliphatic imine (C=N–C) groups is 1. The van der Waals surface area contributed by atoms with Crippen molar-refractivity contribution in [3.63, 3.8) is 0 Å². The van der Waals surface area contributed by atoms with Crippen LogP contribution in [0.3, 0.4) is 0 Å². The molecule has 2 rings (SSSR count). The van der Waals surface area contributed by atoms with Gasteiger partial charge in [0.2, 0.25) is 0 Å². The summed E-state index contributed by atoms with van der Waals surface area (Å²) in [7, 11) is 1.58. The molecule has 1 atom stereocenters. The molecular weight excluding hydrogens is 346 g/mol. The van der Waals surface area contributed by atoms with Crippen molar-refractivity contribution in [2.24, 2.45) is 4.99 Å². The standard InChI is InChI=1S/C20H29N3O4/c1-6-21-19(22-11-15-10-16(26-5)7-8-18(15)24)23-12-20(4,25)17-9-13(2)27-14(17)3/h7-10,24-25H,6,11-12H2,1-5H3,(H2,21,22,23). The third-order valence-corrected chi connectivity index (χ3v) is 4.26. The first-order valence-electron chi connectivity index (χ1n) is 8.94. The second-order valence-electron chi connectivity index (χ2n) is 6.64. The van der Waals surface area contributed by atoms with Crippen LogP contribution in [0.25, 0.3) is 0 Å². The predicted molar refractivity (Wildman–Crippen MR) is 105 cm³/mol. The number of aliphatic hydroxyl groups is 1. The molecule has 1 unspecified atom stereocenters. The van der Waals surface area contributed by atoms with Gasteiger partial charge in [-0.05, 0) is 52.0 Å². The van der Waals surface area contributed by atoms with Crippen molar-refractivity contribution in [1.82, 2.24) is 10.6 Å². The molecule has 148 valence electrons. The number of rotatable bonds is 7. The molecule has 1 aromatic carbocycles. The maximum absolute atomic E-state index is 10.8. The molecule has 0 aliphatic carbocycles. The average Bonchev–Trinajstić information content (AvgIpc) is 2.98. The Bertz CT molecular complexity index is 797. The Morgan fingerprint density at radius 3 is 2.59 bits per heavy atom. The van der Waals surface area contributed by atoms with E-state index < -0.39 is 5.60 Å². The summed E-state index contributed by atoms with van der Waals surface area (Å²) in [5.74, 6) is 2.81. The number of hydrogen-bond donors (Lipinski definition) is 4. The van der Waals surface area contributed by atoms with E-state index in [2.05, 4.69) is 15.6 Å². The van der Waals surface area contributed by atoms with Gasteiger partial charge in [-0.25, -0.2) is 4.99 Å². The van der Waals surface area contributed by atoms with E-state index in [1.54, 1.807) is 32.2 Å². The zero-order chi connectivity index (χ0) is 20.0. The van der Waals surface area contributed by atoms with E-state index in [1.807, 2.05) is 26.8 Å². The first-order chi connectivity index (χ1) is 12.8. The third kappa shape index (κ3) is 5.40. The van der Waals surface area contributed by atoms with E-state index in [-0.39, 0.29) is 18.8 Å². The zero-order valence-electron chi connectivity index (χ0n) is 16.6. The fourth-order valence-corrected chi connectivity index (χ4v) is 2.84. The number of nitrogens with zero attached hydrogens (tertiary/aromatic N) is 1. The van der Waals surface area contributed by atoms with Crippen LogP contribution in [-0.4, -0.2) is 36.4 Å². The van der Waals surface area contributed by atoms with Crippen LogP contribution in [0.5, 0.6) is 11.5 Å². The molecular formula is C20H29N3O4. The van der Waals surface area contributed by atoms with Crippen molar-refractivity contribution in [3.05, 3.63) is 46.9 Å². The van der Waals surface area contributed by atoms with Gasteiger partial charge in [0, 0.05) is 17.7 Å². The maximum Gasteiger partial charge on any atom is 0.191 e. The van der Waals surface area contributed by atoms with Crippen molar-refractivity contribution in [2.75, 3.05) is 20.2 Å². The van der Waals surface area contributed by atoms with E-state index in [0.29, 0.717) is 29.6 Å². The van der Waals surface area contributed by atoms with Gasteiger partial charge in [0.05, 0.1) is 20.2 Å². The molecule has 0 fully saturated rings. The van der Waals surface area contributed by atoms with Crippen molar-refractivity contribution in [2.45, 2.75) is 39.8 Å². The number of benzene rings is 1. The summed E-state index contributed by atoms with van der Waals surface area (Å²) in [6.45, 7) is 8.57. The number of phenolic OH excluding ortho intramolecular Hbond substituents is 1. The molecule has 0 saturated heterocycles. The number of methoxy groups -OCH3 is 1. The summed E-state index contributed by atoms with van der Waals surface area (Å²) in [5.41, 5.74) is 0.282. The number of ether oxygens (including phenoxy) is 1. The monoisotopic (exact) mass is 375 g/mol. The Labute approximate surface area is 160 Å². The molecule has 1 aromatic heterocycles. The van der Waals surface area contributed by atoms with Gasteiger partial charge in [0.1, 0.15) is 28.6 Å². The van der Waals surface area contributed by atoms with E-state index in [4.69, 9.17) is 9.15 Å². The van der Waals surface area contributed by atoms with E-state index in [0.717, 1.165) is 11.3 Å². The number of furan rings is 1. The number of aromatic hydroxyl groups is 1. The van der Waals surface area contributed by atoms with Gasteiger partial charge >= 0.3 is 0 Å². The van der Waals surface area contributed by atoms with E-state index in [9.17, 15) is 10.2 Å². The third-order valence-electron chi connectivity index (χ3n) is 4.26. The highest BCUT2D eigenvalue weighted by Gasteiger charge is 2.27. The molecule has 0 spiro atoms. The van der Waals surface area contributed by atoms with Crippen LogP contribution in [0, 0.1) is 13.8 Å². The summed E-state index contributed by atoms with van der Waals surface area (Å²) < 4.78 is 10.7. The SMILES string of the molecule is CCNC(=NCc1cc(OC)ccc1O)NCC(C)(O)c1cc(C)oc1C. The minimum absolute atomic E-state index is 0.159. The Hall–Kier alpha value is -2.67. The molecule has 0 bridgehead atoms. The van der Waals surface area contributed by atoms with Crippen LogP contribution in [0.2, 0.25) is 0 Å². The topological polar surface area (TPSA) is 99.3 Å². The molecule has 0 aliphatic rings. The molecule has 27 heavy (non-hydrogen) atoms. The lowest BCUT2D eigenvalue weighted by molar-refractivity contribution is 0.0601. The van der Waals surface area contributed by atoms with Gasteiger partial charge in [0.15, 0.2) is 5.96 Å². The highest BCUT2D eigenvalue weighted by atomic mass is 16.5. The molecule has 1 heterocycles. The maximum atomic E-state index is 10.8. The normalized spacial score (nSPS) is 13.9. The van der Waals surface area contributed by atoms with Crippen molar-refractivity contribution >= 4 is 5.96 Å². The number of nitrogens with one attached hydrogen (secondary N) is 2. The zero-order valence-corrected chi connectivity index (χ0v) is 16.6. The van der Waals surface area contributed by atoms with Crippen LogP contribution < -0.4 is 15.4 Å². The summed E-state index contributed by atoms with van der Waals surface area (Å²) >= 11 is 0. The van der Waals surface area contributed by atoms with Gasteiger partial charge in [-0.15, -0.1) is 0 Å². The Balaban J connectivity index is 2.10. The van der Waals surface area contributed by atoms with Crippen molar-refractivity contribution in [3.8, 4) is 11.5 Å². The molecule has 0 aliphatic heterocycles. The molecule has 2 aromatic rings. The minimum Gasteiger partial charge on any atom is -0.508 e. The van der Waals surface area contributed by atoms with Crippen LogP contribution >= 0.6 is 0 Å². The fourth-order valence-electron chi connectivity index (χ4n) is 2.84. The van der Waals surface area contributed by atoms with Gasteiger partial charge in [-0.3, -0.25) is 0 Å². The second-order valence-corrected chi connectivity index (χ2v) is 6.64. The van der Waals surface area contributed by atoms with Gasteiger partial charge < -0.3 is 30.0 Å².